The predicted molar refractivity (Wildman–Crippen MR) is 147 cm³/mol. The second-order valence-corrected chi connectivity index (χ2v) is 10.1. The third-order valence-electron chi connectivity index (χ3n) is 6.82. The fourth-order valence-corrected chi connectivity index (χ4v) is 4.45. The molecular formula is C30H58N2O2. The molecule has 0 radical (unpaired) electrons. The van der Waals surface area contributed by atoms with E-state index < -0.39 is 5.97 Å². The number of rotatable bonds is 23. The van der Waals surface area contributed by atoms with Crippen LogP contribution in [-0.4, -0.2) is 20.6 Å². The van der Waals surface area contributed by atoms with Gasteiger partial charge in [-0.2, -0.15) is 0 Å². The van der Waals surface area contributed by atoms with E-state index in [0.717, 1.165) is 25.3 Å². The Morgan fingerprint density at radius 1 is 0.735 bits per heavy atom. The van der Waals surface area contributed by atoms with Gasteiger partial charge in [0.25, 0.3) is 0 Å². The topological polar surface area (TPSA) is 55.1 Å². The average Bonchev–Trinajstić information content (AvgIpc) is 3.34. The Hall–Kier alpha value is -1.32. The molecule has 1 unspecified atom stereocenters. The molecule has 200 valence electrons. The Morgan fingerprint density at radius 3 is 1.62 bits per heavy atom. The van der Waals surface area contributed by atoms with Crippen LogP contribution in [0, 0.1) is 5.92 Å². The third-order valence-corrected chi connectivity index (χ3v) is 6.82. The maximum atomic E-state index is 10.3. The molecule has 0 aliphatic carbocycles. The first kappa shape index (κ1) is 32.7. The first-order valence-corrected chi connectivity index (χ1v) is 14.8. The number of unbranched alkanes of at least 4 members (excludes halogenated alkanes) is 16. The number of carbonyl (C=O) groups is 1. The first-order valence-electron chi connectivity index (χ1n) is 14.8. The van der Waals surface area contributed by atoms with Gasteiger partial charge in [-0.05, 0) is 18.8 Å². The summed E-state index contributed by atoms with van der Waals surface area (Å²) in [4.78, 5) is 14.4. The van der Waals surface area contributed by atoms with Gasteiger partial charge in [-0.25, -0.2) is 4.98 Å². The van der Waals surface area contributed by atoms with Crippen molar-refractivity contribution in [3.8, 4) is 0 Å². The van der Waals surface area contributed by atoms with Gasteiger partial charge < -0.3 is 9.67 Å². The van der Waals surface area contributed by atoms with Gasteiger partial charge in [0.1, 0.15) is 0 Å². The summed E-state index contributed by atoms with van der Waals surface area (Å²) < 4.78 is 2.19. The molecule has 0 bridgehead atoms. The molecule has 0 aliphatic rings. The Kier molecular flexibility index (Phi) is 25.3. The molecule has 1 aromatic heterocycles. The van der Waals surface area contributed by atoms with Crippen molar-refractivity contribution in [3.05, 3.63) is 18.7 Å². The highest BCUT2D eigenvalue weighted by Crippen LogP contribution is 2.16. The molecule has 0 aliphatic heterocycles. The summed E-state index contributed by atoms with van der Waals surface area (Å²) in [5.74, 6) is 0.176. The fourth-order valence-electron chi connectivity index (χ4n) is 4.45. The standard InChI is InChI=1S/C18H36O2.C12H22N2/c1-2-3-4-5-6-7-8-9-10-11-12-13-14-15-16-17-18(19)20;1-3-5-6-7-12(4-2)10-14-9-8-13-11-14/h2-17H2,1H3,(H,19,20);8-9,11-12H,3-7,10H2,1-2H3. The van der Waals surface area contributed by atoms with E-state index >= 15 is 0 Å². The van der Waals surface area contributed by atoms with Gasteiger partial charge in [0, 0.05) is 25.4 Å². The van der Waals surface area contributed by atoms with Gasteiger partial charge in [0.05, 0.1) is 6.33 Å². The van der Waals surface area contributed by atoms with E-state index in [2.05, 4.69) is 36.5 Å². The zero-order chi connectivity index (χ0) is 25.1. The molecule has 1 aromatic rings. The lowest BCUT2D eigenvalue weighted by atomic mass is 9.98. The van der Waals surface area contributed by atoms with E-state index in [-0.39, 0.29) is 0 Å². The van der Waals surface area contributed by atoms with E-state index in [1.165, 1.54) is 116 Å². The maximum absolute atomic E-state index is 10.3. The van der Waals surface area contributed by atoms with Crippen LogP contribution in [0.3, 0.4) is 0 Å². The molecule has 0 spiro atoms. The van der Waals surface area contributed by atoms with Crippen LogP contribution in [0.4, 0.5) is 0 Å². The number of aliphatic carboxylic acids is 1. The zero-order valence-electron chi connectivity index (χ0n) is 23.1. The number of nitrogens with zero attached hydrogens (tertiary/aromatic N) is 2. The van der Waals surface area contributed by atoms with Crippen LogP contribution in [0.25, 0.3) is 0 Å². The minimum atomic E-state index is -0.653. The van der Waals surface area contributed by atoms with Crippen LogP contribution in [0.1, 0.15) is 156 Å². The number of aromatic nitrogens is 2. The van der Waals surface area contributed by atoms with E-state index in [9.17, 15) is 4.79 Å². The maximum Gasteiger partial charge on any atom is 0.303 e. The highest BCUT2D eigenvalue weighted by molar-refractivity contribution is 5.66. The average molecular weight is 479 g/mol. The smallest absolute Gasteiger partial charge is 0.303 e. The van der Waals surface area contributed by atoms with E-state index in [4.69, 9.17) is 5.11 Å². The lowest BCUT2D eigenvalue weighted by Gasteiger charge is -2.14. The molecule has 4 nitrogen and oxygen atoms in total. The van der Waals surface area contributed by atoms with Gasteiger partial charge in [-0.15, -0.1) is 0 Å². The minimum Gasteiger partial charge on any atom is -0.481 e. The van der Waals surface area contributed by atoms with Crippen LogP contribution < -0.4 is 0 Å². The largest absolute Gasteiger partial charge is 0.481 e. The predicted octanol–water partition coefficient (Wildman–Crippen LogP) is 9.82. The molecule has 34 heavy (non-hydrogen) atoms. The van der Waals surface area contributed by atoms with Crippen LogP contribution in [0.2, 0.25) is 0 Å². The Morgan fingerprint density at radius 2 is 1.21 bits per heavy atom. The Balaban J connectivity index is 0.000000679. The van der Waals surface area contributed by atoms with Crippen LogP contribution >= 0.6 is 0 Å². The molecule has 4 heteroatoms. The van der Waals surface area contributed by atoms with E-state index in [0.29, 0.717) is 6.42 Å². The second kappa shape index (κ2) is 26.3. The number of hydrogen-bond donors (Lipinski definition) is 1. The molecule has 0 aromatic carbocycles. The summed E-state index contributed by atoms with van der Waals surface area (Å²) in [6, 6.07) is 0. The van der Waals surface area contributed by atoms with Crippen molar-refractivity contribution in [3.63, 3.8) is 0 Å². The van der Waals surface area contributed by atoms with Gasteiger partial charge in [0.2, 0.25) is 0 Å². The van der Waals surface area contributed by atoms with Crippen molar-refractivity contribution < 1.29 is 9.90 Å². The van der Waals surface area contributed by atoms with Crippen molar-refractivity contribution in [2.24, 2.45) is 5.92 Å². The molecular weight excluding hydrogens is 420 g/mol. The lowest BCUT2D eigenvalue weighted by molar-refractivity contribution is -0.137. The lowest BCUT2D eigenvalue weighted by Crippen LogP contribution is -2.08. The second-order valence-electron chi connectivity index (χ2n) is 10.1. The van der Waals surface area contributed by atoms with Gasteiger partial charge >= 0.3 is 5.97 Å². The minimum absolute atomic E-state index is 0.345. The van der Waals surface area contributed by atoms with Crippen molar-refractivity contribution in [2.75, 3.05) is 0 Å². The Bertz CT molecular complexity index is 516. The van der Waals surface area contributed by atoms with Gasteiger partial charge in [0.15, 0.2) is 0 Å². The highest BCUT2D eigenvalue weighted by atomic mass is 16.4. The van der Waals surface area contributed by atoms with Gasteiger partial charge in [-0.1, -0.05) is 136 Å². The SMILES string of the molecule is CCCCCC(CC)Cn1ccnc1.CCCCCCCCCCCCCCCCCC(=O)O. The number of imidazole rings is 1. The third kappa shape index (κ3) is 23.8. The molecule has 0 saturated heterocycles. The normalized spacial score (nSPS) is 11.7. The van der Waals surface area contributed by atoms with Crippen molar-refractivity contribution >= 4 is 5.97 Å². The summed E-state index contributed by atoms with van der Waals surface area (Å²) in [5.41, 5.74) is 0. The number of carboxylic acids is 1. The van der Waals surface area contributed by atoms with Gasteiger partial charge in [-0.3, -0.25) is 4.79 Å². The van der Waals surface area contributed by atoms with E-state index in [1.54, 1.807) is 0 Å². The summed E-state index contributed by atoms with van der Waals surface area (Å²) in [6.07, 6.45) is 32.8. The monoisotopic (exact) mass is 478 g/mol. The van der Waals surface area contributed by atoms with Crippen molar-refractivity contribution in [1.82, 2.24) is 9.55 Å². The summed E-state index contributed by atoms with van der Waals surface area (Å²) in [7, 11) is 0. The molecule has 0 fully saturated rings. The molecule has 1 heterocycles. The fraction of sp³-hybridized carbons (Fsp3) is 0.867. The summed E-state index contributed by atoms with van der Waals surface area (Å²) >= 11 is 0. The molecule has 0 amide bonds. The zero-order valence-corrected chi connectivity index (χ0v) is 23.1. The van der Waals surface area contributed by atoms with E-state index in [1.807, 2.05) is 12.5 Å². The highest BCUT2D eigenvalue weighted by Gasteiger charge is 2.06. The summed E-state index contributed by atoms with van der Waals surface area (Å²) in [5, 5.41) is 8.52. The number of hydrogen-bond acceptors (Lipinski definition) is 2. The number of carboxylic acid groups (broad SMARTS) is 1. The first-order chi connectivity index (χ1) is 16.6. The molecule has 1 N–H and O–H groups in total. The van der Waals surface area contributed by atoms with Crippen molar-refractivity contribution in [1.29, 1.82) is 0 Å². The molecule has 1 atom stereocenters. The molecule has 0 saturated carbocycles. The van der Waals surface area contributed by atoms with Crippen LogP contribution in [-0.2, 0) is 11.3 Å². The van der Waals surface area contributed by atoms with Crippen LogP contribution in [0.5, 0.6) is 0 Å². The Labute approximate surface area is 212 Å². The summed E-state index contributed by atoms with van der Waals surface area (Å²) in [6.45, 7) is 7.96. The molecule has 1 rings (SSSR count). The quantitative estimate of drug-likeness (QED) is 0.159. The van der Waals surface area contributed by atoms with Crippen LogP contribution in [0.15, 0.2) is 18.7 Å². The van der Waals surface area contributed by atoms with Crippen molar-refractivity contribution in [2.45, 2.75) is 162 Å².